The summed E-state index contributed by atoms with van der Waals surface area (Å²) in [6.45, 7) is 4.82. The molecule has 2 unspecified atom stereocenters. The molecule has 0 aliphatic heterocycles. The zero-order valence-electron chi connectivity index (χ0n) is 61.9. The molecule has 0 aromatic carbocycles. The average Bonchev–Trinajstić information content (AvgIpc) is 3.74. The van der Waals surface area contributed by atoms with Crippen LogP contribution in [0.2, 0.25) is 0 Å². The van der Waals surface area contributed by atoms with Crippen molar-refractivity contribution in [1.82, 2.24) is 0 Å². The molecule has 0 amide bonds. The quantitative estimate of drug-likeness (QED) is 0.0211. The van der Waals surface area contributed by atoms with Crippen molar-refractivity contribution in [3.8, 4) is 0 Å². The molecule has 0 spiro atoms. The number of carboxylic acids is 1. The monoisotopic (exact) mass is 1300 g/mol. The van der Waals surface area contributed by atoms with Gasteiger partial charge in [0, 0.05) is 12.8 Å². The summed E-state index contributed by atoms with van der Waals surface area (Å²) in [4.78, 5) is 37.7. The number of carboxylic acid groups (broad SMARTS) is 1. The predicted molar refractivity (Wildman–Crippen MR) is 401 cm³/mol. The van der Waals surface area contributed by atoms with E-state index in [0.717, 1.165) is 83.5 Å². The number of carbonyl (C=O) groups is 3. The number of hydrogen-bond acceptors (Lipinski definition) is 7. The zero-order chi connectivity index (χ0) is 67.5. The Morgan fingerprint density at radius 2 is 0.613 bits per heavy atom. The zero-order valence-corrected chi connectivity index (χ0v) is 61.9. The summed E-state index contributed by atoms with van der Waals surface area (Å²) in [5, 5.41) is 9.77. The molecule has 0 bridgehead atoms. The summed E-state index contributed by atoms with van der Waals surface area (Å²) < 4.78 is 23.1. The van der Waals surface area contributed by atoms with Crippen LogP contribution in [-0.4, -0.2) is 87.4 Å². The highest BCUT2D eigenvalue weighted by Crippen LogP contribution is 2.19. The first-order valence-electron chi connectivity index (χ1n) is 39.8. The molecule has 0 rings (SSSR count). The van der Waals surface area contributed by atoms with Crippen molar-refractivity contribution in [1.29, 1.82) is 0 Å². The standard InChI is InChI=1S/C84H151NO8/c1-6-8-10-12-14-16-18-20-22-24-26-28-30-32-34-36-38-40-41-43-45-47-49-51-53-55-57-59-61-63-65-67-69-71-73-75-82(87)93-80(79-92-84(83(88)89)90-77-76-85(3,4)5)78-91-81(86)74-72-70-68-66-64-62-60-58-56-54-52-50-48-46-44-42-39-37-35-33-31-29-27-25-23-21-19-17-15-13-11-9-7-2/h8,10,14,16,20,22,26,28,32,34,38,40,43,45,80,84H,6-7,9,11-13,15,17-19,21,23-25,27,29-31,33,35-37,39,41-42,44,46-79H2,1-5H3/p+1/b10-8-,16-14-,22-20-,28-26-,34-32-,40-38-,45-43-. The van der Waals surface area contributed by atoms with Gasteiger partial charge in [0.1, 0.15) is 13.2 Å². The molecular weight excluding hydrogens is 1150 g/mol. The molecule has 0 radical (unpaired) electrons. The summed E-state index contributed by atoms with van der Waals surface area (Å²) in [7, 11) is 5.99. The van der Waals surface area contributed by atoms with Crippen molar-refractivity contribution in [3.63, 3.8) is 0 Å². The Kier molecular flexibility index (Phi) is 71.4. The Hall–Kier alpha value is -3.53. The fraction of sp³-hybridized carbons (Fsp3) is 0.798. The molecule has 540 valence electrons. The topological polar surface area (TPSA) is 108 Å². The minimum atomic E-state index is -1.51. The second-order valence-corrected chi connectivity index (χ2v) is 28.0. The second-order valence-electron chi connectivity index (χ2n) is 28.0. The maximum atomic E-state index is 13.0. The second kappa shape index (κ2) is 74.3. The molecular formula is C84H152NO8+. The fourth-order valence-electron chi connectivity index (χ4n) is 11.6. The molecule has 0 saturated heterocycles. The lowest BCUT2D eigenvalue weighted by molar-refractivity contribution is -0.870. The highest BCUT2D eigenvalue weighted by Gasteiger charge is 2.25. The minimum absolute atomic E-state index is 0.181. The number of esters is 2. The summed E-state index contributed by atoms with van der Waals surface area (Å²) in [5.74, 6) is -1.99. The van der Waals surface area contributed by atoms with Gasteiger partial charge in [-0.15, -0.1) is 0 Å². The van der Waals surface area contributed by atoms with Gasteiger partial charge >= 0.3 is 17.9 Å². The van der Waals surface area contributed by atoms with Crippen LogP contribution in [-0.2, 0) is 33.3 Å². The number of likely N-dealkylation sites (N-methyl/N-ethyl adjacent to an activating group) is 1. The van der Waals surface area contributed by atoms with E-state index in [9.17, 15) is 19.5 Å². The minimum Gasteiger partial charge on any atom is -0.477 e. The van der Waals surface area contributed by atoms with Crippen molar-refractivity contribution in [2.75, 3.05) is 47.5 Å². The van der Waals surface area contributed by atoms with Crippen LogP contribution in [0.15, 0.2) is 85.1 Å². The van der Waals surface area contributed by atoms with Gasteiger partial charge in [0.2, 0.25) is 0 Å². The van der Waals surface area contributed by atoms with Gasteiger partial charge in [-0.2, -0.15) is 0 Å². The molecule has 0 fully saturated rings. The first-order chi connectivity index (χ1) is 45.6. The largest absolute Gasteiger partial charge is 0.477 e. The number of allylic oxidation sites excluding steroid dienone is 14. The van der Waals surface area contributed by atoms with Crippen molar-refractivity contribution in [3.05, 3.63) is 85.1 Å². The van der Waals surface area contributed by atoms with Gasteiger partial charge in [0.25, 0.3) is 6.29 Å². The third-order valence-corrected chi connectivity index (χ3v) is 17.7. The first-order valence-corrected chi connectivity index (χ1v) is 39.8. The molecule has 9 nitrogen and oxygen atoms in total. The number of aliphatic carboxylic acids is 1. The van der Waals surface area contributed by atoms with Crippen LogP contribution >= 0.6 is 0 Å². The first kappa shape index (κ1) is 89.5. The van der Waals surface area contributed by atoms with Crippen LogP contribution < -0.4 is 0 Å². The van der Waals surface area contributed by atoms with Gasteiger partial charge in [-0.05, 0) is 70.6 Å². The number of quaternary nitrogens is 1. The summed E-state index contributed by atoms with van der Waals surface area (Å²) in [6.07, 6.45) is 98.8. The van der Waals surface area contributed by atoms with E-state index < -0.39 is 24.3 Å². The van der Waals surface area contributed by atoms with Crippen LogP contribution in [0, 0.1) is 0 Å². The Morgan fingerprint density at radius 3 is 0.914 bits per heavy atom. The summed E-state index contributed by atoms with van der Waals surface area (Å²) in [6, 6.07) is 0. The van der Waals surface area contributed by atoms with Crippen LogP contribution in [0.5, 0.6) is 0 Å². The maximum Gasteiger partial charge on any atom is 0.361 e. The SMILES string of the molecule is CC/C=C\C/C=C\C/C=C\C/C=C\C/C=C\C/C=C\C/C=C\CCCCCCCCCCCCCCCC(=O)OC(COC(=O)CCCCCCCCCCCCCCCCCCCCCCCCCCCCCCCCCCC)COC(OCC[N+](C)(C)C)C(=O)O. The van der Waals surface area contributed by atoms with Crippen LogP contribution in [0.3, 0.4) is 0 Å². The van der Waals surface area contributed by atoms with E-state index in [1.807, 2.05) is 21.1 Å². The molecule has 0 aromatic rings. The lowest BCUT2D eigenvalue weighted by Crippen LogP contribution is -2.40. The van der Waals surface area contributed by atoms with Gasteiger partial charge in [-0.25, -0.2) is 4.79 Å². The van der Waals surface area contributed by atoms with Gasteiger partial charge in [-0.1, -0.05) is 375 Å². The summed E-state index contributed by atoms with van der Waals surface area (Å²) in [5.41, 5.74) is 0. The van der Waals surface area contributed by atoms with E-state index in [4.69, 9.17) is 18.9 Å². The number of rotatable bonds is 74. The molecule has 9 heteroatoms. The van der Waals surface area contributed by atoms with E-state index in [-0.39, 0.29) is 32.2 Å². The molecule has 0 aliphatic carbocycles. The smallest absolute Gasteiger partial charge is 0.361 e. The molecule has 1 N–H and O–H groups in total. The van der Waals surface area contributed by atoms with Crippen LogP contribution in [0.4, 0.5) is 0 Å². The van der Waals surface area contributed by atoms with Gasteiger partial charge in [0.05, 0.1) is 34.4 Å². The molecule has 0 aliphatic rings. The lowest BCUT2D eigenvalue weighted by atomic mass is 10.0. The fourth-order valence-corrected chi connectivity index (χ4v) is 11.6. The maximum absolute atomic E-state index is 13.0. The number of unbranched alkanes of at least 4 members (excludes halogenated alkanes) is 45. The highest BCUT2D eigenvalue weighted by atomic mass is 16.7. The van der Waals surface area contributed by atoms with Crippen molar-refractivity contribution < 1.29 is 42.9 Å². The molecule has 0 saturated carbocycles. The van der Waals surface area contributed by atoms with Gasteiger partial charge in [0.15, 0.2) is 6.10 Å². The Balaban J connectivity index is 4.03. The van der Waals surface area contributed by atoms with Crippen molar-refractivity contribution in [2.45, 2.75) is 386 Å². The molecule has 0 aromatic heterocycles. The van der Waals surface area contributed by atoms with E-state index in [1.54, 1.807) is 0 Å². The molecule has 0 heterocycles. The predicted octanol–water partition coefficient (Wildman–Crippen LogP) is 25.4. The van der Waals surface area contributed by atoms with Crippen LogP contribution in [0.1, 0.15) is 373 Å². The summed E-state index contributed by atoms with van der Waals surface area (Å²) >= 11 is 0. The lowest BCUT2D eigenvalue weighted by Gasteiger charge is -2.25. The van der Waals surface area contributed by atoms with E-state index in [1.165, 1.54) is 263 Å². The number of ether oxygens (including phenoxy) is 4. The van der Waals surface area contributed by atoms with Gasteiger partial charge in [-0.3, -0.25) is 9.59 Å². The Labute approximate surface area is 576 Å². The normalized spacial score (nSPS) is 13.1. The third kappa shape index (κ3) is 75.7. The number of carbonyl (C=O) groups excluding carboxylic acids is 2. The van der Waals surface area contributed by atoms with E-state index in [0.29, 0.717) is 17.4 Å². The average molecular weight is 1300 g/mol. The number of hydrogen-bond donors (Lipinski definition) is 1. The van der Waals surface area contributed by atoms with Crippen molar-refractivity contribution >= 4 is 17.9 Å². The highest BCUT2D eigenvalue weighted by molar-refractivity contribution is 5.71. The molecule has 93 heavy (non-hydrogen) atoms. The van der Waals surface area contributed by atoms with Crippen LogP contribution in [0.25, 0.3) is 0 Å². The Bertz CT molecular complexity index is 1810. The van der Waals surface area contributed by atoms with Crippen molar-refractivity contribution in [2.24, 2.45) is 0 Å². The van der Waals surface area contributed by atoms with E-state index in [2.05, 4.69) is 98.9 Å². The third-order valence-electron chi connectivity index (χ3n) is 17.7. The van der Waals surface area contributed by atoms with Gasteiger partial charge < -0.3 is 28.5 Å². The number of nitrogens with zero attached hydrogens (tertiary/aromatic N) is 1. The Morgan fingerprint density at radius 1 is 0.333 bits per heavy atom. The molecule has 2 atom stereocenters. The van der Waals surface area contributed by atoms with E-state index >= 15 is 0 Å².